The second-order valence-corrected chi connectivity index (χ2v) is 3.61. The lowest BCUT2D eigenvalue weighted by Crippen LogP contribution is -2.16. The van der Waals surface area contributed by atoms with Crippen LogP contribution in [0.3, 0.4) is 0 Å². The van der Waals surface area contributed by atoms with Crippen molar-refractivity contribution in [2.45, 2.75) is 19.9 Å². The largest absolute Gasteiger partial charge is 0.400 e. The van der Waals surface area contributed by atoms with Crippen molar-refractivity contribution < 1.29 is 8.85 Å². The Bertz CT molecular complexity index is 49.7. The van der Waals surface area contributed by atoms with Crippen LogP contribution in [0.5, 0.6) is 0 Å². The second-order valence-electron chi connectivity index (χ2n) is 1.67. The molecule has 0 amide bonds. The maximum atomic E-state index is 5.26. The predicted octanol–water partition coefficient (Wildman–Crippen LogP) is 0.910. The van der Waals surface area contributed by atoms with Gasteiger partial charge in [0.05, 0.1) is 0 Å². The molecule has 0 saturated heterocycles. The van der Waals surface area contributed by atoms with Gasteiger partial charge < -0.3 is 8.85 Å². The molecule has 0 N–H and O–H groups in total. The standard InChI is InChI=1S/C5H14O2Si/c1-4-5-7-8(3)6-2/h8H,4-5H2,1-3H3. The van der Waals surface area contributed by atoms with Crippen molar-refractivity contribution in [3.05, 3.63) is 0 Å². The zero-order valence-electron chi connectivity index (χ0n) is 5.81. The molecule has 0 aromatic rings. The first-order chi connectivity index (χ1) is 3.81. The van der Waals surface area contributed by atoms with Gasteiger partial charge in [-0.05, 0) is 13.0 Å². The zero-order valence-corrected chi connectivity index (χ0v) is 6.96. The van der Waals surface area contributed by atoms with Crippen LogP contribution in [-0.2, 0) is 8.85 Å². The van der Waals surface area contributed by atoms with Crippen LogP contribution in [-0.4, -0.2) is 23.0 Å². The van der Waals surface area contributed by atoms with Gasteiger partial charge in [-0.2, -0.15) is 0 Å². The van der Waals surface area contributed by atoms with Crippen molar-refractivity contribution in [3.8, 4) is 0 Å². The van der Waals surface area contributed by atoms with Crippen molar-refractivity contribution in [1.29, 1.82) is 0 Å². The van der Waals surface area contributed by atoms with E-state index >= 15 is 0 Å². The van der Waals surface area contributed by atoms with Gasteiger partial charge in [0.15, 0.2) is 0 Å². The summed E-state index contributed by atoms with van der Waals surface area (Å²) in [4.78, 5) is 0. The third kappa shape index (κ3) is 4.30. The molecular formula is C5H14O2Si. The number of hydrogen-bond acceptors (Lipinski definition) is 2. The molecule has 0 heterocycles. The van der Waals surface area contributed by atoms with E-state index in [1.165, 1.54) is 0 Å². The summed E-state index contributed by atoms with van der Waals surface area (Å²) >= 11 is 0. The molecule has 0 aliphatic rings. The molecule has 0 aromatic carbocycles. The first kappa shape index (κ1) is 8.14. The van der Waals surface area contributed by atoms with E-state index in [2.05, 4.69) is 6.92 Å². The average molecular weight is 134 g/mol. The van der Waals surface area contributed by atoms with E-state index in [0.29, 0.717) is 0 Å². The molecule has 0 saturated carbocycles. The molecular weight excluding hydrogens is 120 g/mol. The van der Waals surface area contributed by atoms with E-state index in [-0.39, 0.29) is 0 Å². The quantitative estimate of drug-likeness (QED) is 0.532. The lowest BCUT2D eigenvalue weighted by atomic mass is 10.5. The molecule has 0 spiro atoms. The van der Waals surface area contributed by atoms with Gasteiger partial charge in [0, 0.05) is 13.7 Å². The Kier molecular flexibility index (Phi) is 5.37. The maximum absolute atomic E-state index is 5.26. The van der Waals surface area contributed by atoms with Crippen LogP contribution >= 0.6 is 0 Å². The third-order valence-electron chi connectivity index (χ3n) is 0.889. The fraction of sp³-hybridized carbons (Fsp3) is 1.00. The first-order valence-corrected chi connectivity index (χ1v) is 5.05. The third-order valence-corrected chi connectivity index (χ3v) is 2.26. The Morgan fingerprint density at radius 2 is 2.12 bits per heavy atom. The SMILES string of the molecule is CCCO[SiH](C)OC. The van der Waals surface area contributed by atoms with Crippen LogP contribution < -0.4 is 0 Å². The minimum Gasteiger partial charge on any atom is -0.400 e. The average Bonchev–Trinajstić information content (AvgIpc) is 1.83. The van der Waals surface area contributed by atoms with Gasteiger partial charge >= 0.3 is 9.28 Å². The van der Waals surface area contributed by atoms with E-state index in [1.54, 1.807) is 7.11 Å². The summed E-state index contributed by atoms with van der Waals surface area (Å²) in [7, 11) is 0.502. The van der Waals surface area contributed by atoms with E-state index in [0.717, 1.165) is 13.0 Å². The first-order valence-electron chi connectivity index (χ1n) is 2.95. The van der Waals surface area contributed by atoms with Gasteiger partial charge in [-0.25, -0.2) is 0 Å². The molecule has 0 aliphatic heterocycles. The smallest absolute Gasteiger partial charge is 0.317 e. The Morgan fingerprint density at radius 1 is 1.50 bits per heavy atom. The van der Waals surface area contributed by atoms with Crippen LogP contribution in [0.4, 0.5) is 0 Å². The Labute approximate surface area is 52.7 Å². The monoisotopic (exact) mass is 134 g/mol. The van der Waals surface area contributed by atoms with Gasteiger partial charge in [-0.1, -0.05) is 6.92 Å². The molecule has 0 aromatic heterocycles. The van der Waals surface area contributed by atoms with Crippen molar-refractivity contribution >= 4 is 9.28 Å². The Balaban J connectivity index is 2.86. The van der Waals surface area contributed by atoms with Gasteiger partial charge in [0.25, 0.3) is 0 Å². The summed E-state index contributed by atoms with van der Waals surface area (Å²) < 4.78 is 10.2. The minimum atomic E-state index is -1.20. The second kappa shape index (κ2) is 5.28. The highest BCUT2D eigenvalue weighted by Crippen LogP contribution is 1.86. The van der Waals surface area contributed by atoms with Crippen LogP contribution in [0, 0.1) is 0 Å². The summed E-state index contributed by atoms with van der Waals surface area (Å²) in [5, 5.41) is 0. The minimum absolute atomic E-state index is 0.848. The molecule has 0 radical (unpaired) electrons. The molecule has 0 aliphatic carbocycles. The van der Waals surface area contributed by atoms with Gasteiger partial charge in [0.2, 0.25) is 0 Å². The fourth-order valence-corrected chi connectivity index (χ4v) is 1.06. The van der Waals surface area contributed by atoms with Gasteiger partial charge in [0.1, 0.15) is 0 Å². The molecule has 3 heteroatoms. The predicted molar refractivity (Wildman–Crippen MR) is 36.3 cm³/mol. The van der Waals surface area contributed by atoms with Crippen LogP contribution in [0.2, 0.25) is 6.55 Å². The number of rotatable bonds is 4. The van der Waals surface area contributed by atoms with Crippen molar-refractivity contribution in [3.63, 3.8) is 0 Å². The van der Waals surface area contributed by atoms with E-state index in [4.69, 9.17) is 8.85 Å². The van der Waals surface area contributed by atoms with E-state index in [9.17, 15) is 0 Å². The topological polar surface area (TPSA) is 18.5 Å². The fourth-order valence-electron chi connectivity index (χ4n) is 0.352. The summed E-state index contributed by atoms with van der Waals surface area (Å²) in [5.74, 6) is 0. The normalized spacial score (nSPS) is 13.9. The molecule has 0 fully saturated rings. The zero-order chi connectivity index (χ0) is 6.41. The number of hydrogen-bond donors (Lipinski definition) is 0. The Hall–Kier alpha value is 0.137. The van der Waals surface area contributed by atoms with Gasteiger partial charge in [-0.3, -0.25) is 0 Å². The summed E-state index contributed by atoms with van der Waals surface area (Å²) in [6.07, 6.45) is 1.08. The van der Waals surface area contributed by atoms with Crippen molar-refractivity contribution in [2.24, 2.45) is 0 Å². The highest BCUT2D eigenvalue weighted by Gasteiger charge is 1.98. The summed E-state index contributed by atoms with van der Waals surface area (Å²) in [6, 6.07) is 0. The van der Waals surface area contributed by atoms with Crippen molar-refractivity contribution in [1.82, 2.24) is 0 Å². The highest BCUT2D eigenvalue weighted by molar-refractivity contribution is 6.42. The molecule has 1 atom stereocenters. The van der Waals surface area contributed by atoms with E-state index < -0.39 is 9.28 Å². The maximum Gasteiger partial charge on any atom is 0.317 e. The van der Waals surface area contributed by atoms with Gasteiger partial charge in [-0.15, -0.1) is 0 Å². The summed E-state index contributed by atoms with van der Waals surface area (Å²) in [5.41, 5.74) is 0. The van der Waals surface area contributed by atoms with Crippen LogP contribution in [0.1, 0.15) is 13.3 Å². The lowest BCUT2D eigenvalue weighted by Gasteiger charge is -2.06. The molecule has 0 rings (SSSR count). The molecule has 0 bridgehead atoms. The molecule has 1 unspecified atom stereocenters. The highest BCUT2D eigenvalue weighted by atomic mass is 28.3. The molecule has 50 valence electrons. The van der Waals surface area contributed by atoms with E-state index in [1.807, 2.05) is 6.55 Å². The Morgan fingerprint density at radius 3 is 2.50 bits per heavy atom. The van der Waals surface area contributed by atoms with Crippen LogP contribution in [0.25, 0.3) is 0 Å². The molecule has 8 heavy (non-hydrogen) atoms. The lowest BCUT2D eigenvalue weighted by molar-refractivity contribution is 0.235. The molecule has 2 nitrogen and oxygen atoms in total. The van der Waals surface area contributed by atoms with Crippen LogP contribution in [0.15, 0.2) is 0 Å². The van der Waals surface area contributed by atoms with Crippen molar-refractivity contribution in [2.75, 3.05) is 13.7 Å². The summed E-state index contributed by atoms with van der Waals surface area (Å²) in [6.45, 7) is 4.97.